The van der Waals surface area contributed by atoms with Gasteiger partial charge in [-0.3, -0.25) is 4.90 Å². The lowest BCUT2D eigenvalue weighted by molar-refractivity contribution is 0.157. The van der Waals surface area contributed by atoms with Crippen molar-refractivity contribution in [2.45, 2.75) is 31.8 Å². The van der Waals surface area contributed by atoms with E-state index in [4.69, 9.17) is 5.73 Å². The van der Waals surface area contributed by atoms with Crippen LogP contribution >= 0.6 is 0 Å². The molecule has 1 heterocycles. The molecule has 1 saturated heterocycles. The van der Waals surface area contributed by atoms with E-state index in [0.717, 1.165) is 31.5 Å². The summed E-state index contributed by atoms with van der Waals surface area (Å²) in [5.41, 5.74) is 6.97. The molecule has 0 bridgehead atoms. The molecule has 1 aromatic rings. The predicted octanol–water partition coefficient (Wildman–Crippen LogP) is 1.88. The second-order valence-electron chi connectivity index (χ2n) is 4.63. The largest absolute Gasteiger partial charge is 0.508 e. The number of phenolic OH excluding ortho intramolecular Hbond substituents is 1. The van der Waals surface area contributed by atoms with Gasteiger partial charge in [0.25, 0.3) is 0 Å². The maximum absolute atomic E-state index is 9.82. The van der Waals surface area contributed by atoms with Crippen LogP contribution in [-0.4, -0.2) is 29.1 Å². The van der Waals surface area contributed by atoms with Crippen molar-refractivity contribution >= 4 is 0 Å². The molecule has 3 heteroatoms. The molecule has 1 aliphatic rings. The Morgan fingerprint density at radius 3 is 2.88 bits per heavy atom. The molecule has 1 fully saturated rings. The van der Waals surface area contributed by atoms with Gasteiger partial charge < -0.3 is 10.8 Å². The number of piperidine rings is 1. The van der Waals surface area contributed by atoms with E-state index in [1.807, 2.05) is 18.2 Å². The van der Waals surface area contributed by atoms with Gasteiger partial charge in [0.1, 0.15) is 5.75 Å². The Morgan fingerprint density at radius 1 is 1.44 bits per heavy atom. The fraction of sp³-hybridized carbons (Fsp3) is 0.538. The maximum atomic E-state index is 9.82. The third kappa shape index (κ3) is 2.36. The van der Waals surface area contributed by atoms with Gasteiger partial charge in [-0.15, -0.1) is 0 Å². The first-order valence-corrected chi connectivity index (χ1v) is 5.96. The second kappa shape index (κ2) is 4.85. The zero-order valence-corrected chi connectivity index (χ0v) is 9.76. The Morgan fingerprint density at radius 2 is 2.19 bits per heavy atom. The molecular weight excluding hydrogens is 200 g/mol. The molecular formula is C13H20N2O. The van der Waals surface area contributed by atoms with Crippen LogP contribution < -0.4 is 5.73 Å². The number of nitrogens with two attached hydrogens (primary N) is 1. The lowest BCUT2D eigenvalue weighted by Crippen LogP contribution is -2.43. The number of likely N-dealkylation sites (tertiary alicyclic amines) is 1. The highest BCUT2D eigenvalue weighted by molar-refractivity contribution is 5.34. The molecule has 0 spiro atoms. The molecule has 1 aliphatic heterocycles. The lowest BCUT2D eigenvalue weighted by atomic mass is 10.0. The summed E-state index contributed by atoms with van der Waals surface area (Å²) < 4.78 is 0. The second-order valence-corrected chi connectivity index (χ2v) is 4.63. The number of rotatable bonds is 2. The van der Waals surface area contributed by atoms with Crippen LogP contribution in [-0.2, 0) is 0 Å². The van der Waals surface area contributed by atoms with E-state index in [0.29, 0.717) is 5.75 Å². The zero-order valence-electron chi connectivity index (χ0n) is 9.76. The summed E-state index contributed by atoms with van der Waals surface area (Å²) in [6.07, 6.45) is 2.27. The van der Waals surface area contributed by atoms with Gasteiger partial charge in [-0.25, -0.2) is 0 Å². The molecule has 0 amide bonds. The van der Waals surface area contributed by atoms with E-state index in [1.54, 1.807) is 6.07 Å². The summed E-state index contributed by atoms with van der Waals surface area (Å²) in [6, 6.07) is 8.08. The van der Waals surface area contributed by atoms with Gasteiger partial charge in [0.05, 0.1) is 0 Å². The van der Waals surface area contributed by atoms with E-state index < -0.39 is 0 Å². The SMILES string of the molecule is CC(c1ccccc1O)N1CCCC(N)C1. The molecule has 2 atom stereocenters. The minimum atomic E-state index is 0.243. The molecule has 88 valence electrons. The van der Waals surface area contributed by atoms with Crippen LogP contribution in [0.4, 0.5) is 0 Å². The Labute approximate surface area is 96.9 Å². The molecule has 3 nitrogen and oxygen atoms in total. The highest BCUT2D eigenvalue weighted by Gasteiger charge is 2.23. The normalized spacial score (nSPS) is 24.2. The zero-order chi connectivity index (χ0) is 11.5. The molecule has 0 aromatic heterocycles. The molecule has 16 heavy (non-hydrogen) atoms. The van der Waals surface area contributed by atoms with Crippen molar-refractivity contribution in [1.82, 2.24) is 4.90 Å². The summed E-state index contributed by atoms with van der Waals surface area (Å²) in [6.45, 7) is 4.13. The van der Waals surface area contributed by atoms with Crippen molar-refractivity contribution < 1.29 is 5.11 Å². The molecule has 0 radical (unpaired) electrons. The number of benzene rings is 1. The first kappa shape index (κ1) is 11.4. The van der Waals surface area contributed by atoms with E-state index in [1.165, 1.54) is 0 Å². The minimum absolute atomic E-state index is 0.243. The highest BCUT2D eigenvalue weighted by atomic mass is 16.3. The van der Waals surface area contributed by atoms with Crippen LogP contribution in [0.5, 0.6) is 5.75 Å². The van der Waals surface area contributed by atoms with Gasteiger partial charge in [-0.05, 0) is 32.4 Å². The Balaban J connectivity index is 2.12. The maximum Gasteiger partial charge on any atom is 0.120 e. The highest BCUT2D eigenvalue weighted by Crippen LogP contribution is 2.29. The molecule has 1 aromatic carbocycles. The van der Waals surface area contributed by atoms with Gasteiger partial charge in [0, 0.05) is 24.2 Å². The van der Waals surface area contributed by atoms with Gasteiger partial charge in [-0.2, -0.15) is 0 Å². The van der Waals surface area contributed by atoms with Crippen molar-refractivity contribution in [3.05, 3.63) is 29.8 Å². The molecule has 3 N–H and O–H groups in total. The van der Waals surface area contributed by atoms with Crippen LogP contribution in [0.2, 0.25) is 0 Å². The molecule has 2 rings (SSSR count). The smallest absolute Gasteiger partial charge is 0.120 e. The van der Waals surface area contributed by atoms with Crippen LogP contribution in [0.1, 0.15) is 31.4 Å². The number of hydrogen-bond donors (Lipinski definition) is 2. The quantitative estimate of drug-likeness (QED) is 0.800. The number of aromatic hydroxyl groups is 1. The van der Waals surface area contributed by atoms with Crippen molar-refractivity contribution in [2.24, 2.45) is 5.73 Å². The molecule has 0 aliphatic carbocycles. The summed E-state index contributed by atoms with van der Waals surface area (Å²) in [4.78, 5) is 2.35. The number of phenols is 1. The topological polar surface area (TPSA) is 49.5 Å². The third-order valence-electron chi connectivity index (χ3n) is 3.42. The predicted molar refractivity (Wildman–Crippen MR) is 65.3 cm³/mol. The van der Waals surface area contributed by atoms with Crippen LogP contribution in [0.15, 0.2) is 24.3 Å². The summed E-state index contributed by atoms with van der Waals surface area (Å²) in [5.74, 6) is 0.383. The Bertz CT molecular complexity index is 354. The number of hydrogen-bond acceptors (Lipinski definition) is 3. The van der Waals surface area contributed by atoms with Crippen molar-refractivity contribution in [2.75, 3.05) is 13.1 Å². The van der Waals surface area contributed by atoms with Gasteiger partial charge in [-0.1, -0.05) is 18.2 Å². The summed E-state index contributed by atoms with van der Waals surface area (Å²) in [7, 11) is 0. The first-order chi connectivity index (χ1) is 7.68. The fourth-order valence-corrected chi connectivity index (χ4v) is 2.43. The van der Waals surface area contributed by atoms with Crippen LogP contribution in [0.3, 0.4) is 0 Å². The monoisotopic (exact) mass is 220 g/mol. The van der Waals surface area contributed by atoms with Crippen LogP contribution in [0, 0.1) is 0 Å². The average Bonchev–Trinajstić information content (AvgIpc) is 2.29. The fourth-order valence-electron chi connectivity index (χ4n) is 2.43. The van der Waals surface area contributed by atoms with Gasteiger partial charge >= 0.3 is 0 Å². The summed E-state index contributed by atoms with van der Waals surface area (Å²) in [5, 5.41) is 9.82. The van der Waals surface area contributed by atoms with E-state index in [2.05, 4.69) is 11.8 Å². The minimum Gasteiger partial charge on any atom is -0.508 e. The van der Waals surface area contributed by atoms with E-state index in [9.17, 15) is 5.11 Å². The Kier molecular flexibility index (Phi) is 3.46. The van der Waals surface area contributed by atoms with Crippen molar-refractivity contribution in [3.8, 4) is 5.75 Å². The number of nitrogens with zero attached hydrogens (tertiary/aromatic N) is 1. The van der Waals surface area contributed by atoms with Crippen LogP contribution in [0.25, 0.3) is 0 Å². The standard InChI is InChI=1S/C13H20N2O/c1-10(12-6-2-3-7-13(12)16)15-8-4-5-11(14)9-15/h2-3,6-7,10-11,16H,4-5,8-9,14H2,1H3. The lowest BCUT2D eigenvalue weighted by Gasteiger charge is -2.35. The molecule has 0 saturated carbocycles. The first-order valence-electron chi connectivity index (χ1n) is 5.96. The molecule has 2 unspecified atom stereocenters. The van der Waals surface area contributed by atoms with Crippen molar-refractivity contribution in [3.63, 3.8) is 0 Å². The Hall–Kier alpha value is -1.06. The van der Waals surface area contributed by atoms with E-state index in [-0.39, 0.29) is 12.1 Å². The van der Waals surface area contributed by atoms with Gasteiger partial charge in [0.2, 0.25) is 0 Å². The average molecular weight is 220 g/mol. The number of para-hydroxylation sites is 1. The van der Waals surface area contributed by atoms with E-state index >= 15 is 0 Å². The van der Waals surface area contributed by atoms with Crippen molar-refractivity contribution in [1.29, 1.82) is 0 Å². The van der Waals surface area contributed by atoms with Gasteiger partial charge in [0.15, 0.2) is 0 Å². The third-order valence-corrected chi connectivity index (χ3v) is 3.42. The summed E-state index contributed by atoms with van der Waals surface area (Å²) >= 11 is 0.